The molecule has 4 heterocycles. The Morgan fingerprint density at radius 1 is 1.10 bits per heavy atom. The SMILES string of the molecule is NC(=O)c1cc2ncnc(N3[C@@H]4CC[C@H]3CN(C(=O)Nc3ccc(Cl)c(Cl)c3)C4)c2s1. The first-order valence-electron chi connectivity index (χ1n) is 9.74. The number of nitrogens with two attached hydrogens (primary N) is 1. The summed E-state index contributed by atoms with van der Waals surface area (Å²) < 4.78 is 0.849. The van der Waals surface area contributed by atoms with Crippen molar-refractivity contribution >= 4 is 68.2 Å². The zero-order valence-electron chi connectivity index (χ0n) is 16.2. The molecule has 5 rings (SSSR count). The number of aromatic nitrogens is 2. The standard InChI is InChI=1S/C20H18Cl2N6O2S/c21-13-4-1-10(5-14(13)22)26-20(30)27-7-11-2-3-12(8-27)28(11)19-17-15(24-9-25-19)6-16(31-17)18(23)29/h1,4-6,9,11-12H,2-3,7-8H2,(H2,23,29)(H,26,30)/t11-,12+. The molecule has 0 spiro atoms. The highest BCUT2D eigenvalue weighted by molar-refractivity contribution is 7.21. The van der Waals surface area contributed by atoms with Crippen molar-refractivity contribution in [1.82, 2.24) is 14.9 Å². The number of amides is 3. The van der Waals surface area contributed by atoms with E-state index in [9.17, 15) is 9.59 Å². The van der Waals surface area contributed by atoms with Crippen molar-refractivity contribution in [2.45, 2.75) is 24.9 Å². The maximum atomic E-state index is 12.9. The van der Waals surface area contributed by atoms with Gasteiger partial charge in [0.15, 0.2) is 5.82 Å². The van der Waals surface area contributed by atoms with Gasteiger partial charge in [-0.15, -0.1) is 11.3 Å². The highest BCUT2D eigenvalue weighted by Crippen LogP contribution is 2.39. The monoisotopic (exact) mass is 476 g/mol. The Kier molecular flexibility index (Phi) is 5.11. The van der Waals surface area contributed by atoms with E-state index >= 15 is 0 Å². The van der Waals surface area contributed by atoms with Crippen molar-refractivity contribution in [3.8, 4) is 0 Å². The van der Waals surface area contributed by atoms with E-state index in [0.717, 1.165) is 23.4 Å². The van der Waals surface area contributed by atoms with Crippen molar-refractivity contribution in [1.29, 1.82) is 0 Å². The average molecular weight is 477 g/mol. The number of nitrogens with zero attached hydrogens (tertiary/aromatic N) is 4. The van der Waals surface area contributed by atoms with E-state index in [4.69, 9.17) is 28.9 Å². The Morgan fingerprint density at radius 2 is 1.84 bits per heavy atom. The summed E-state index contributed by atoms with van der Waals surface area (Å²) >= 11 is 13.3. The van der Waals surface area contributed by atoms with Crippen LogP contribution in [-0.4, -0.2) is 52.0 Å². The first-order chi connectivity index (χ1) is 14.9. The molecule has 3 N–H and O–H groups in total. The molecule has 0 saturated carbocycles. The lowest BCUT2D eigenvalue weighted by Crippen LogP contribution is -2.56. The summed E-state index contributed by atoms with van der Waals surface area (Å²) in [7, 11) is 0. The Hall–Kier alpha value is -2.62. The van der Waals surface area contributed by atoms with Crippen molar-refractivity contribution in [2.24, 2.45) is 5.73 Å². The topological polar surface area (TPSA) is 104 Å². The van der Waals surface area contributed by atoms with Crippen LogP contribution in [0.5, 0.6) is 0 Å². The number of rotatable bonds is 3. The number of nitrogens with one attached hydrogen (secondary N) is 1. The average Bonchev–Trinajstić information content (AvgIpc) is 3.29. The third-order valence-corrected chi connectivity index (χ3v) is 7.59. The van der Waals surface area contributed by atoms with Crippen LogP contribution in [0.15, 0.2) is 30.6 Å². The molecule has 3 aromatic rings. The molecule has 2 aliphatic rings. The van der Waals surface area contributed by atoms with E-state index < -0.39 is 5.91 Å². The number of hydrogen-bond donors (Lipinski definition) is 2. The first-order valence-corrected chi connectivity index (χ1v) is 11.3. The smallest absolute Gasteiger partial charge is 0.321 e. The van der Waals surface area contributed by atoms with Crippen LogP contribution in [0.3, 0.4) is 0 Å². The summed E-state index contributed by atoms with van der Waals surface area (Å²) in [5.74, 6) is 0.334. The van der Waals surface area contributed by atoms with Gasteiger partial charge in [0.25, 0.3) is 5.91 Å². The van der Waals surface area contributed by atoms with Gasteiger partial charge in [-0.3, -0.25) is 4.79 Å². The van der Waals surface area contributed by atoms with Gasteiger partial charge in [0, 0.05) is 30.9 Å². The van der Waals surface area contributed by atoms with Crippen molar-refractivity contribution in [2.75, 3.05) is 23.3 Å². The molecule has 0 radical (unpaired) electrons. The fourth-order valence-electron chi connectivity index (χ4n) is 4.34. The van der Waals surface area contributed by atoms with Crippen LogP contribution in [0.2, 0.25) is 10.0 Å². The van der Waals surface area contributed by atoms with Crippen LogP contribution in [0.1, 0.15) is 22.5 Å². The lowest BCUT2D eigenvalue weighted by atomic mass is 10.2. The molecule has 2 bridgehead atoms. The number of thiophene rings is 1. The number of carbonyl (C=O) groups excluding carboxylic acids is 2. The van der Waals surface area contributed by atoms with Crippen molar-refractivity contribution < 1.29 is 9.59 Å². The molecule has 2 aromatic heterocycles. The lowest BCUT2D eigenvalue weighted by molar-refractivity contribution is 0.100. The van der Waals surface area contributed by atoms with Gasteiger partial charge in [0.05, 0.1) is 25.1 Å². The highest BCUT2D eigenvalue weighted by atomic mass is 35.5. The van der Waals surface area contributed by atoms with E-state index in [2.05, 4.69) is 20.2 Å². The van der Waals surface area contributed by atoms with Crippen LogP contribution in [0.4, 0.5) is 16.3 Å². The minimum Gasteiger partial charge on any atom is -0.365 e. The molecule has 8 nitrogen and oxygen atoms in total. The number of benzene rings is 1. The Labute approximate surface area is 191 Å². The maximum Gasteiger partial charge on any atom is 0.321 e. The van der Waals surface area contributed by atoms with Gasteiger partial charge in [-0.25, -0.2) is 14.8 Å². The van der Waals surface area contributed by atoms with Gasteiger partial charge in [-0.1, -0.05) is 23.2 Å². The molecule has 2 saturated heterocycles. The summed E-state index contributed by atoms with van der Waals surface area (Å²) in [6, 6.07) is 6.82. The predicted octanol–water partition coefficient (Wildman–Crippen LogP) is 3.98. The number of piperazine rings is 1. The van der Waals surface area contributed by atoms with Crippen molar-refractivity contribution in [3.05, 3.63) is 45.5 Å². The molecular weight excluding hydrogens is 459 g/mol. The number of halogens is 2. The molecule has 0 unspecified atom stereocenters. The number of primary amides is 1. The molecule has 160 valence electrons. The number of carbonyl (C=O) groups is 2. The minimum absolute atomic E-state index is 0.135. The van der Waals surface area contributed by atoms with Crippen LogP contribution >= 0.6 is 34.5 Å². The fraction of sp³-hybridized carbons (Fsp3) is 0.300. The van der Waals surface area contributed by atoms with Gasteiger partial charge in [0.2, 0.25) is 0 Å². The fourth-order valence-corrected chi connectivity index (χ4v) is 5.59. The number of anilines is 2. The molecule has 2 fully saturated rings. The lowest BCUT2D eigenvalue weighted by Gasteiger charge is -2.41. The molecule has 0 aliphatic carbocycles. The van der Waals surface area contributed by atoms with Crippen molar-refractivity contribution in [3.63, 3.8) is 0 Å². The van der Waals surface area contributed by atoms with Gasteiger partial charge >= 0.3 is 6.03 Å². The van der Waals surface area contributed by atoms with Crippen LogP contribution in [0.25, 0.3) is 10.2 Å². The van der Waals surface area contributed by atoms with Gasteiger partial charge < -0.3 is 20.9 Å². The third kappa shape index (κ3) is 3.66. The summed E-state index contributed by atoms with van der Waals surface area (Å²) in [5.41, 5.74) is 6.76. The zero-order valence-corrected chi connectivity index (χ0v) is 18.5. The minimum atomic E-state index is -0.472. The van der Waals surface area contributed by atoms with E-state index in [1.807, 2.05) is 4.90 Å². The summed E-state index contributed by atoms with van der Waals surface area (Å²) in [4.78, 5) is 37.8. The number of hydrogen-bond acceptors (Lipinski definition) is 6. The predicted molar refractivity (Wildman–Crippen MR) is 122 cm³/mol. The van der Waals surface area contributed by atoms with Gasteiger partial charge in [0.1, 0.15) is 6.33 Å². The third-order valence-electron chi connectivity index (χ3n) is 5.72. The molecule has 1 aromatic carbocycles. The summed E-state index contributed by atoms with van der Waals surface area (Å²) in [5, 5.41) is 3.73. The molecule has 3 amide bonds. The molecule has 31 heavy (non-hydrogen) atoms. The van der Waals surface area contributed by atoms with Crippen LogP contribution in [0, 0.1) is 0 Å². The van der Waals surface area contributed by atoms with Crippen LogP contribution in [-0.2, 0) is 0 Å². The van der Waals surface area contributed by atoms with Crippen LogP contribution < -0.4 is 16.0 Å². The second kappa shape index (κ2) is 7.81. The first kappa shape index (κ1) is 20.3. The highest BCUT2D eigenvalue weighted by Gasteiger charge is 2.43. The Balaban J connectivity index is 1.37. The number of fused-ring (bicyclic) bond motifs is 3. The second-order valence-corrected chi connectivity index (χ2v) is 9.51. The second-order valence-electron chi connectivity index (χ2n) is 7.64. The Morgan fingerprint density at radius 3 is 2.52 bits per heavy atom. The molecule has 2 aliphatic heterocycles. The van der Waals surface area contributed by atoms with E-state index in [1.165, 1.54) is 17.7 Å². The quantitative estimate of drug-likeness (QED) is 0.594. The largest absolute Gasteiger partial charge is 0.365 e. The normalized spacial score (nSPS) is 20.3. The molecular formula is C20H18Cl2N6O2S. The maximum absolute atomic E-state index is 12.9. The van der Waals surface area contributed by atoms with Gasteiger partial charge in [-0.2, -0.15) is 0 Å². The summed E-state index contributed by atoms with van der Waals surface area (Å²) in [6.07, 6.45) is 3.43. The number of likely N-dealkylation sites (tertiary alicyclic amines) is 1. The molecule has 2 atom stereocenters. The van der Waals surface area contributed by atoms with E-state index in [0.29, 0.717) is 39.2 Å². The Bertz CT molecular complexity index is 1190. The summed E-state index contributed by atoms with van der Waals surface area (Å²) in [6.45, 7) is 1.15. The van der Waals surface area contributed by atoms with E-state index in [-0.39, 0.29) is 18.1 Å². The zero-order chi connectivity index (χ0) is 21.7. The van der Waals surface area contributed by atoms with E-state index in [1.54, 1.807) is 24.3 Å². The number of urea groups is 1. The van der Waals surface area contributed by atoms with Gasteiger partial charge in [-0.05, 0) is 37.1 Å². The molecule has 11 heteroatoms.